The second kappa shape index (κ2) is 2.96. The number of carbonyl (C=O) groups excluding carboxylic acids is 1. The van der Waals surface area contributed by atoms with Gasteiger partial charge in [0.1, 0.15) is 0 Å². The van der Waals surface area contributed by atoms with Crippen molar-refractivity contribution >= 4 is 5.91 Å². The lowest BCUT2D eigenvalue weighted by Gasteiger charge is -2.35. The quantitative estimate of drug-likeness (QED) is 0.637. The summed E-state index contributed by atoms with van der Waals surface area (Å²) in [6, 6.07) is 0. The van der Waals surface area contributed by atoms with Gasteiger partial charge >= 0.3 is 0 Å². The molecule has 2 aliphatic rings. The maximum absolute atomic E-state index is 11.4. The van der Waals surface area contributed by atoms with Gasteiger partial charge < -0.3 is 10.0 Å². The number of fused-ring (bicyclic) bond motifs is 1. The first-order chi connectivity index (χ1) is 6.18. The fourth-order valence-electron chi connectivity index (χ4n) is 2.51. The molecule has 1 atom stereocenters. The lowest BCUT2D eigenvalue weighted by molar-refractivity contribution is -0.131. The first-order valence-corrected chi connectivity index (χ1v) is 4.85. The van der Waals surface area contributed by atoms with Crippen LogP contribution in [0.4, 0.5) is 0 Å². The number of aliphatic hydroxyl groups excluding tert-OH is 1. The summed E-state index contributed by atoms with van der Waals surface area (Å²) in [7, 11) is 0. The Bertz CT molecular complexity index is 232. The van der Waals surface area contributed by atoms with Crippen molar-refractivity contribution in [3.05, 3.63) is 0 Å². The second-order valence-corrected chi connectivity index (χ2v) is 3.97. The van der Waals surface area contributed by atoms with Crippen LogP contribution in [-0.4, -0.2) is 52.7 Å². The minimum atomic E-state index is -0.0974. The Balaban J connectivity index is 2.15. The van der Waals surface area contributed by atoms with Gasteiger partial charge in [0.05, 0.1) is 12.3 Å². The van der Waals surface area contributed by atoms with E-state index in [4.69, 9.17) is 5.11 Å². The molecule has 0 aliphatic carbocycles. The Hall–Kier alpha value is -0.610. The van der Waals surface area contributed by atoms with Crippen molar-refractivity contribution in [2.24, 2.45) is 0 Å². The van der Waals surface area contributed by atoms with E-state index >= 15 is 0 Å². The molecule has 2 aliphatic heterocycles. The predicted molar refractivity (Wildman–Crippen MR) is 48.0 cm³/mol. The van der Waals surface area contributed by atoms with Gasteiger partial charge in [0.15, 0.2) is 0 Å². The largest absolute Gasteiger partial charge is 0.395 e. The van der Waals surface area contributed by atoms with Gasteiger partial charge in [0.2, 0.25) is 5.91 Å². The minimum absolute atomic E-state index is 0.0974. The van der Waals surface area contributed by atoms with E-state index in [1.54, 1.807) is 0 Å². The van der Waals surface area contributed by atoms with Crippen molar-refractivity contribution in [3.8, 4) is 0 Å². The van der Waals surface area contributed by atoms with Gasteiger partial charge in [0.25, 0.3) is 0 Å². The average molecular weight is 184 g/mol. The van der Waals surface area contributed by atoms with Gasteiger partial charge in [-0.2, -0.15) is 0 Å². The summed E-state index contributed by atoms with van der Waals surface area (Å²) in [5, 5.41) is 8.88. The molecule has 0 bridgehead atoms. The SMILES string of the molecule is CC12CCC(=O)N1CCN2CCO. The van der Waals surface area contributed by atoms with Crippen molar-refractivity contribution in [1.29, 1.82) is 0 Å². The highest BCUT2D eigenvalue weighted by Gasteiger charge is 2.49. The van der Waals surface area contributed by atoms with Crippen molar-refractivity contribution in [2.75, 3.05) is 26.2 Å². The van der Waals surface area contributed by atoms with Crippen molar-refractivity contribution in [3.63, 3.8) is 0 Å². The van der Waals surface area contributed by atoms with E-state index in [2.05, 4.69) is 11.8 Å². The Morgan fingerprint density at radius 2 is 2.31 bits per heavy atom. The summed E-state index contributed by atoms with van der Waals surface area (Å²) in [5.41, 5.74) is -0.0974. The summed E-state index contributed by atoms with van der Waals surface area (Å²) in [6.45, 7) is 4.69. The fourth-order valence-corrected chi connectivity index (χ4v) is 2.51. The third kappa shape index (κ3) is 1.16. The molecule has 0 spiro atoms. The number of nitrogens with zero attached hydrogens (tertiary/aromatic N) is 2. The molecule has 0 saturated carbocycles. The molecule has 0 aromatic heterocycles. The molecule has 0 aromatic carbocycles. The number of β-amino-alcohol motifs (C(OH)–C–C–N with tert-alkyl or cyclic N) is 1. The van der Waals surface area contributed by atoms with Crippen LogP contribution in [0.2, 0.25) is 0 Å². The smallest absolute Gasteiger partial charge is 0.224 e. The first-order valence-electron chi connectivity index (χ1n) is 4.85. The average Bonchev–Trinajstić information content (AvgIpc) is 2.55. The summed E-state index contributed by atoms with van der Waals surface area (Å²) in [4.78, 5) is 15.6. The van der Waals surface area contributed by atoms with Crippen LogP contribution in [0, 0.1) is 0 Å². The highest BCUT2D eigenvalue weighted by Crippen LogP contribution is 2.36. The summed E-state index contributed by atoms with van der Waals surface area (Å²) in [5.74, 6) is 0.267. The van der Waals surface area contributed by atoms with E-state index in [0.717, 1.165) is 19.5 Å². The van der Waals surface area contributed by atoms with Crippen LogP contribution < -0.4 is 0 Å². The van der Waals surface area contributed by atoms with Gasteiger partial charge in [0, 0.05) is 26.1 Å². The molecule has 1 amide bonds. The zero-order valence-corrected chi connectivity index (χ0v) is 7.99. The predicted octanol–water partition coefficient (Wildman–Crippen LogP) is -0.367. The van der Waals surface area contributed by atoms with Crippen molar-refractivity contribution in [2.45, 2.75) is 25.4 Å². The number of hydrogen-bond acceptors (Lipinski definition) is 3. The molecule has 2 heterocycles. The van der Waals surface area contributed by atoms with E-state index in [1.165, 1.54) is 0 Å². The van der Waals surface area contributed by atoms with Crippen molar-refractivity contribution in [1.82, 2.24) is 9.80 Å². The molecule has 13 heavy (non-hydrogen) atoms. The number of aliphatic hydroxyl groups is 1. The first kappa shape index (κ1) is 8.97. The molecule has 0 aromatic rings. The highest BCUT2D eigenvalue weighted by atomic mass is 16.3. The van der Waals surface area contributed by atoms with Gasteiger partial charge in [-0.25, -0.2) is 0 Å². The van der Waals surface area contributed by atoms with Crippen LogP contribution in [0.1, 0.15) is 19.8 Å². The van der Waals surface area contributed by atoms with Crippen LogP contribution in [0.25, 0.3) is 0 Å². The molecule has 4 heteroatoms. The van der Waals surface area contributed by atoms with E-state index < -0.39 is 0 Å². The zero-order valence-electron chi connectivity index (χ0n) is 7.99. The molecule has 1 unspecified atom stereocenters. The standard InChI is InChI=1S/C9H16N2O2/c1-9-3-2-8(13)11(9)5-4-10(9)6-7-12/h12H,2-7H2,1H3. The van der Waals surface area contributed by atoms with Gasteiger partial charge in [-0.15, -0.1) is 0 Å². The molecular weight excluding hydrogens is 168 g/mol. The second-order valence-electron chi connectivity index (χ2n) is 3.97. The summed E-state index contributed by atoms with van der Waals surface area (Å²) in [6.07, 6.45) is 1.57. The Morgan fingerprint density at radius 3 is 3.00 bits per heavy atom. The van der Waals surface area contributed by atoms with Crippen LogP contribution >= 0.6 is 0 Å². The van der Waals surface area contributed by atoms with E-state index in [1.807, 2.05) is 4.90 Å². The zero-order chi connectivity index (χ0) is 9.47. The third-order valence-electron chi connectivity index (χ3n) is 3.34. The van der Waals surface area contributed by atoms with Crippen molar-refractivity contribution < 1.29 is 9.90 Å². The van der Waals surface area contributed by atoms with Crippen LogP contribution in [-0.2, 0) is 4.79 Å². The van der Waals surface area contributed by atoms with Crippen LogP contribution in [0.5, 0.6) is 0 Å². The minimum Gasteiger partial charge on any atom is -0.395 e. The Kier molecular flexibility index (Phi) is 2.04. The monoisotopic (exact) mass is 184 g/mol. The lowest BCUT2D eigenvalue weighted by atomic mass is 10.1. The molecule has 4 nitrogen and oxygen atoms in total. The maximum atomic E-state index is 11.4. The van der Waals surface area contributed by atoms with E-state index in [-0.39, 0.29) is 18.2 Å². The number of carbonyl (C=O) groups is 1. The topological polar surface area (TPSA) is 43.8 Å². The number of amides is 1. The van der Waals surface area contributed by atoms with E-state index in [0.29, 0.717) is 13.0 Å². The fraction of sp³-hybridized carbons (Fsp3) is 0.889. The van der Waals surface area contributed by atoms with Gasteiger partial charge in [-0.05, 0) is 13.3 Å². The number of hydrogen-bond donors (Lipinski definition) is 1. The van der Waals surface area contributed by atoms with Gasteiger partial charge in [-0.1, -0.05) is 0 Å². The maximum Gasteiger partial charge on any atom is 0.224 e. The molecule has 0 radical (unpaired) electrons. The lowest BCUT2D eigenvalue weighted by Crippen LogP contribution is -2.48. The summed E-state index contributed by atoms with van der Waals surface area (Å²) >= 11 is 0. The Morgan fingerprint density at radius 1 is 1.54 bits per heavy atom. The van der Waals surface area contributed by atoms with Crippen LogP contribution in [0.3, 0.4) is 0 Å². The Labute approximate surface area is 78.1 Å². The molecule has 2 fully saturated rings. The number of rotatable bonds is 2. The van der Waals surface area contributed by atoms with Crippen LogP contribution in [0.15, 0.2) is 0 Å². The molecular formula is C9H16N2O2. The normalized spacial score (nSPS) is 34.3. The molecule has 1 N–H and O–H groups in total. The summed E-state index contributed by atoms with van der Waals surface area (Å²) < 4.78 is 0. The highest BCUT2D eigenvalue weighted by molar-refractivity contribution is 5.79. The molecule has 2 saturated heterocycles. The molecule has 2 rings (SSSR count). The molecule has 74 valence electrons. The third-order valence-corrected chi connectivity index (χ3v) is 3.34. The van der Waals surface area contributed by atoms with Gasteiger partial charge in [-0.3, -0.25) is 9.69 Å². The van der Waals surface area contributed by atoms with E-state index in [9.17, 15) is 4.79 Å².